The molecule has 4 N–H and O–H groups in total. The van der Waals surface area contributed by atoms with Gasteiger partial charge in [0.1, 0.15) is 57.0 Å². The number of rotatable bonds is 4. The van der Waals surface area contributed by atoms with Crippen LogP contribution in [0.1, 0.15) is 29.5 Å². The van der Waals surface area contributed by atoms with E-state index in [-0.39, 0.29) is 72.2 Å². The molecule has 6 rings (SSSR count). The van der Waals surface area contributed by atoms with Gasteiger partial charge in [-0.1, -0.05) is 0 Å². The number of phenolic OH excluding ortho intramolecular Hbond substituents is 3. The van der Waals surface area contributed by atoms with Crippen molar-refractivity contribution in [2.45, 2.75) is 26.1 Å². The monoisotopic (exact) mass is 574 g/mol. The Hall–Kier alpha value is -5.16. The molecule has 11 heteroatoms. The number of hydrogen-bond donors (Lipinski definition) is 4. The molecular formula is C31H26O11. The number of phenols is 3. The summed E-state index contributed by atoms with van der Waals surface area (Å²) in [6.07, 6.45) is -0.417. The topological polar surface area (TPSA) is 165 Å². The van der Waals surface area contributed by atoms with Crippen LogP contribution in [-0.4, -0.2) is 53.3 Å². The third-order valence-corrected chi connectivity index (χ3v) is 7.44. The minimum absolute atomic E-state index is 0.00419. The van der Waals surface area contributed by atoms with Crippen LogP contribution in [0.3, 0.4) is 0 Å². The van der Waals surface area contributed by atoms with Crippen molar-refractivity contribution in [3.8, 4) is 51.4 Å². The first kappa shape index (κ1) is 27.0. The number of hydrogen-bond acceptors (Lipinski definition) is 11. The quantitative estimate of drug-likeness (QED) is 0.216. The number of fused-ring (bicyclic) bond motifs is 4. The number of Topliss-reactive ketones (excluding diaryl/α,β-unsaturated/α-hetero) is 1. The standard InChI is InChI=1S/C31H26O11/c1-12-6-16(32)25-29(36)22-15(9-14(38-3)10-19(22)40-5)23(30(25)41-12)26-18(39-4)7-13-8-20-24(27(34)21(13)28(26)35)17(33)11-31(2,37)42-20/h6-10,34-37H,11H2,1-5H3. The first-order chi connectivity index (χ1) is 19.9. The lowest BCUT2D eigenvalue weighted by atomic mass is 9.89. The minimum atomic E-state index is -1.78. The molecule has 0 saturated heterocycles. The molecule has 1 aliphatic rings. The second-order valence-electron chi connectivity index (χ2n) is 10.3. The van der Waals surface area contributed by atoms with Gasteiger partial charge in [0.05, 0.1) is 44.1 Å². The highest BCUT2D eigenvalue weighted by atomic mass is 16.6. The van der Waals surface area contributed by atoms with Crippen LogP contribution in [0.2, 0.25) is 0 Å². The number of aliphatic hydroxyl groups is 1. The van der Waals surface area contributed by atoms with Crippen LogP contribution >= 0.6 is 0 Å². The number of aromatic hydroxyl groups is 3. The first-order valence-electron chi connectivity index (χ1n) is 12.8. The van der Waals surface area contributed by atoms with Crippen LogP contribution in [0.25, 0.3) is 43.6 Å². The fourth-order valence-electron chi connectivity index (χ4n) is 5.71. The van der Waals surface area contributed by atoms with E-state index in [1.54, 1.807) is 13.0 Å². The van der Waals surface area contributed by atoms with Crippen molar-refractivity contribution < 1.29 is 48.6 Å². The second kappa shape index (κ2) is 9.18. The van der Waals surface area contributed by atoms with Crippen LogP contribution in [0.15, 0.2) is 39.5 Å². The summed E-state index contributed by atoms with van der Waals surface area (Å²) >= 11 is 0. The number of carbonyl (C=O) groups excluding carboxylic acids is 1. The van der Waals surface area contributed by atoms with E-state index in [1.807, 2.05) is 0 Å². The smallest absolute Gasteiger partial charge is 0.212 e. The number of methoxy groups -OCH3 is 3. The van der Waals surface area contributed by atoms with Crippen molar-refractivity contribution in [2.24, 2.45) is 0 Å². The summed E-state index contributed by atoms with van der Waals surface area (Å²) < 4.78 is 28.3. The maximum atomic E-state index is 13.2. The molecule has 0 saturated carbocycles. The highest BCUT2D eigenvalue weighted by Gasteiger charge is 2.38. The van der Waals surface area contributed by atoms with Gasteiger partial charge >= 0.3 is 0 Å². The first-order valence-corrected chi connectivity index (χ1v) is 12.8. The fraction of sp³-hybridized carbons (Fsp3) is 0.226. The largest absolute Gasteiger partial charge is 0.506 e. The van der Waals surface area contributed by atoms with Crippen LogP contribution in [0.5, 0.6) is 40.2 Å². The molecule has 0 aliphatic carbocycles. The van der Waals surface area contributed by atoms with Crippen molar-refractivity contribution in [1.82, 2.24) is 0 Å². The van der Waals surface area contributed by atoms with Gasteiger partial charge in [0.25, 0.3) is 0 Å². The van der Waals surface area contributed by atoms with Gasteiger partial charge in [-0.25, -0.2) is 0 Å². The predicted octanol–water partition coefficient (Wildman–Crippen LogP) is 4.89. The maximum Gasteiger partial charge on any atom is 0.212 e. The third-order valence-electron chi connectivity index (χ3n) is 7.44. The van der Waals surface area contributed by atoms with Crippen molar-refractivity contribution in [2.75, 3.05) is 21.3 Å². The molecule has 0 amide bonds. The fourth-order valence-corrected chi connectivity index (χ4v) is 5.71. The normalized spacial score (nSPS) is 16.5. The van der Waals surface area contributed by atoms with E-state index in [2.05, 4.69) is 0 Å². The number of ether oxygens (including phenoxy) is 4. The zero-order valence-electron chi connectivity index (χ0n) is 23.2. The summed E-state index contributed by atoms with van der Waals surface area (Å²) in [7, 11) is 4.19. The Labute approximate surface area is 237 Å². The van der Waals surface area contributed by atoms with Crippen LogP contribution in [-0.2, 0) is 0 Å². The van der Waals surface area contributed by atoms with Crippen molar-refractivity contribution in [3.63, 3.8) is 0 Å². The molecule has 216 valence electrons. The Balaban J connectivity index is 1.86. The summed E-state index contributed by atoms with van der Waals surface area (Å²) in [6, 6.07) is 7.24. The lowest BCUT2D eigenvalue weighted by Gasteiger charge is -2.31. The Morgan fingerprint density at radius 1 is 0.786 bits per heavy atom. The SMILES string of the molecule is COc1cc(OC)c2c(O)c3c(=O)cc(C)oc3c(-c3c(OC)cc4cc5c(c(O)c4c3O)C(=O)CC(C)(O)O5)c2c1. The van der Waals surface area contributed by atoms with Gasteiger partial charge in [-0.15, -0.1) is 0 Å². The van der Waals surface area contributed by atoms with Crippen LogP contribution in [0.4, 0.5) is 0 Å². The highest BCUT2D eigenvalue weighted by Crippen LogP contribution is 2.55. The number of aryl methyl sites for hydroxylation is 1. The van der Waals surface area contributed by atoms with Gasteiger partial charge in [0.2, 0.25) is 5.79 Å². The average Bonchev–Trinajstić information content (AvgIpc) is 2.91. The Bertz CT molecular complexity index is 2050. The Kier molecular flexibility index (Phi) is 5.91. The molecule has 1 atom stereocenters. The molecule has 0 bridgehead atoms. The zero-order chi connectivity index (χ0) is 30.2. The summed E-state index contributed by atoms with van der Waals surface area (Å²) in [6.45, 7) is 2.89. The molecule has 0 fully saturated rings. The predicted molar refractivity (Wildman–Crippen MR) is 153 cm³/mol. The van der Waals surface area contributed by atoms with Crippen molar-refractivity contribution in [1.29, 1.82) is 0 Å². The lowest BCUT2D eigenvalue weighted by molar-refractivity contribution is -0.123. The van der Waals surface area contributed by atoms with E-state index < -0.39 is 40.7 Å². The van der Waals surface area contributed by atoms with Crippen LogP contribution in [0, 0.1) is 6.92 Å². The highest BCUT2D eigenvalue weighted by molar-refractivity contribution is 6.20. The van der Waals surface area contributed by atoms with Gasteiger partial charge in [-0.2, -0.15) is 0 Å². The summed E-state index contributed by atoms with van der Waals surface area (Å²) in [5, 5.41) is 45.3. The second-order valence-corrected chi connectivity index (χ2v) is 10.3. The molecule has 5 aromatic rings. The van der Waals surface area contributed by atoms with Crippen LogP contribution < -0.4 is 24.4 Å². The van der Waals surface area contributed by atoms with E-state index in [4.69, 9.17) is 23.4 Å². The third kappa shape index (κ3) is 3.77. The van der Waals surface area contributed by atoms with Gasteiger partial charge in [-0.3, -0.25) is 9.59 Å². The molecule has 11 nitrogen and oxygen atoms in total. The van der Waals surface area contributed by atoms with E-state index in [1.165, 1.54) is 52.5 Å². The van der Waals surface area contributed by atoms with Crippen molar-refractivity contribution >= 4 is 38.3 Å². The van der Waals surface area contributed by atoms with Gasteiger partial charge in [0.15, 0.2) is 16.8 Å². The number of carbonyl (C=O) groups is 1. The van der Waals surface area contributed by atoms with E-state index in [9.17, 15) is 30.0 Å². The molecule has 2 heterocycles. The van der Waals surface area contributed by atoms with Gasteiger partial charge < -0.3 is 43.8 Å². The van der Waals surface area contributed by atoms with Gasteiger partial charge in [-0.05, 0) is 30.5 Å². The molecule has 0 radical (unpaired) electrons. The zero-order valence-corrected chi connectivity index (χ0v) is 23.2. The van der Waals surface area contributed by atoms with Crippen molar-refractivity contribution in [3.05, 3.63) is 51.9 Å². The Morgan fingerprint density at radius 2 is 1.48 bits per heavy atom. The molecule has 0 spiro atoms. The molecule has 1 unspecified atom stereocenters. The average molecular weight is 575 g/mol. The molecule has 4 aromatic carbocycles. The summed E-state index contributed by atoms with van der Waals surface area (Å²) in [5.74, 6) is -3.08. The Morgan fingerprint density at radius 3 is 2.14 bits per heavy atom. The molecular weight excluding hydrogens is 548 g/mol. The lowest BCUT2D eigenvalue weighted by Crippen LogP contribution is -2.38. The summed E-state index contributed by atoms with van der Waals surface area (Å²) in [5.41, 5.74) is -0.684. The molecule has 1 aromatic heterocycles. The maximum absolute atomic E-state index is 13.2. The number of benzene rings is 4. The minimum Gasteiger partial charge on any atom is -0.506 e. The van der Waals surface area contributed by atoms with E-state index in [0.717, 1.165) is 0 Å². The molecule has 1 aliphatic heterocycles. The molecule has 42 heavy (non-hydrogen) atoms. The summed E-state index contributed by atoms with van der Waals surface area (Å²) in [4.78, 5) is 26.2. The number of ketones is 1. The van der Waals surface area contributed by atoms with Gasteiger partial charge in [0, 0.05) is 30.0 Å². The van der Waals surface area contributed by atoms with E-state index in [0.29, 0.717) is 5.75 Å². The van der Waals surface area contributed by atoms with E-state index >= 15 is 0 Å².